The number of hydrogen-bond donors (Lipinski definition) is 4. The number of β-amino-alcohol motifs (C(OH)–C–C–N with tert-alkyl or cyclic N) is 2. The normalized spacial score (nSPS) is 22.9. The van der Waals surface area contributed by atoms with Gasteiger partial charge in [0.1, 0.15) is 11.5 Å². The fourth-order valence-corrected chi connectivity index (χ4v) is 6.23. The van der Waals surface area contributed by atoms with Gasteiger partial charge in [-0.05, 0) is 55.9 Å². The van der Waals surface area contributed by atoms with Crippen LogP contribution < -0.4 is 9.47 Å². The summed E-state index contributed by atoms with van der Waals surface area (Å²) in [6.07, 6.45) is 1.89. The summed E-state index contributed by atoms with van der Waals surface area (Å²) in [6.45, 7) is 6.36. The molecule has 4 N–H and O–H groups in total. The maximum Gasteiger partial charge on any atom is 0.306 e. The van der Waals surface area contributed by atoms with E-state index in [4.69, 9.17) is 31.3 Å². The first-order valence-corrected chi connectivity index (χ1v) is 14.8. The molecule has 2 fully saturated rings. The molecule has 2 unspecified atom stereocenters. The topological polar surface area (TPSA) is 140 Å². The van der Waals surface area contributed by atoms with Crippen LogP contribution in [-0.4, -0.2) is 106 Å². The smallest absolute Gasteiger partial charge is 0.306 e. The van der Waals surface area contributed by atoms with E-state index in [1.807, 2.05) is 43.3 Å². The molecule has 2 aromatic carbocycles. The number of halogens is 1. The monoisotopic (exact) mass is 604 g/mol. The molecule has 10 nitrogen and oxygen atoms in total. The number of aliphatic hydroxyl groups is 2. The summed E-state index contributed by atoms with van der Waals surface area (Å²) in [5, 5.41) is 39.4. The van der Waals surface area contributed by atoms with E-state index >= 15 is 0 Å². The highest BCUT2D eigenvalue weighted by molar-refractivity contribution is 6.34. The Morgan fingerprint density at radius 2 is 1.29 bits per heavy atom. The highest BCUT2D eigenvalue weighted by Gasteiger charge is 2.38. The standard InChI is InChI=1S/C31H41ClN2O8/c1-22-23(6-2-8-25(22)41-16-4-12-33-14-10-30(39,20-33)18-27(35)36)24-7-3-9-26(29(24)32)42-17-5-13-34-15-11-31(40,21-34)19-28(37)38/h2-3,6-9,39-40H,4-5,10-21H2,1H3,(H,35,36)(H,37,38). The molecule has 42 heavy (non-hydrogen) atoms. The molecule has 0 bridgehead atoms. The minimum absolute atomic E-state index is 0.235. The molecule has 0 radical (unpaired) electrons. The summed E-state index contributed by atoms with van der Waals surface area (Å²) in [5.74, 6) is -0.634. The summed E-state index contributed by atoms with van der Waals surface area (Å²) in [6, 6.07) is 11.5. The minimum atomic E-state index is -1.16. The molecule has 0 spiro atoms. The van der Waals surface area contributed by atoms with Crippen molar-refractivity contribution >= 4 is 23.5 Å². The largest absolute Gasteiger partial charge is 0.493 e. The van der Waals surface area contributed by atoms with Crippen LogP contribution >= 0.6 is 11.6 Å². The van der Waals surface area contributed by atoms with Crippen molar-refractivity contribution in [2.45, 2.75) is 56.7 Å². The fourth-order valence-electron chi connectivity index (χ4n) is 5.95. The molecule has 2 heterocycles. The molecule has 2 atom stereocenters. The Kier molecular flexibility index (Phi) is 10.7. The third-order valence-corrected chi connectivity index (χ3v) is 8.46. The molecule has 0 aliphatic carbocycles. The molecule has 0 saturated carbocycles. The summed E-state index contributed by atoms with van der Waals surface area (Å²) in [7, 11) is 0. The van der Waals surface area contributed by atoms with E-state index in [-0.39, 0.29) is 12.8 Å². The lowest BCUT2D eigenvalue weighted by molar-refractivity contribution is -0.143. The average molecular weight is 605 g/mol. The number of rotatable bonds is 15. The predicted octanol–water partition coefficient (Wildman–Crippen LogP) is 3.68. The first kappa shape index (κ1) is 32.0. The van der Waals surface area contributed by atoms with Crippen molar-refractivity contribution < 1.29 is 39.5 Å². The van der Waals surface area contributed by atoms with Gasteiger partial charge in [0.25, 0.3) is 0 Å². The van der Waals surface area contributed by atoms with Gasteiger partial charge >= 0.3 is 11.9 Å². The maximum absolute atomic E-state index is 11.0. The molecule has 230 valence electrons. The molecule has 11 heteroatoms. The van der Waals surface area contributed by atoms with Gasteiger partial charge < -0.3 is 39.7 Å². The summed E-state index contributed by atoms with van der Waals surface area (Å²) < 4.78 is 12.1. The van der Waals surface area contributed by atoms with Gasteiger partial charge in [-0.3, -0.25) is 9.59 Å². The van der Waals surface area contributed by atoms with E-state index in [2.05, 4.69) is 9.80 Å². The molecule has 2 aliphatic rings. The third kappa shape index (κ3) is 8.58. The molecule has 0 amide bonds. The Balaban J connectivity index is 1.27. The van der Waals surface area contributed by atoms with Crippen molar-refractivity contribution in [1.29, 1.82) is 0 Å². The Bertz CT molecular complexity index is 1160. The van der Waals surface area contributed by atoms with Crippen LogP contribution in [0.1, 0.15) is 44.1 Å². The van der Waals surface area contributed by atoms with Crippen molar-refractivity contribution in [3.05, 3.63) is 47.0 Å². The van der Waals surface area contributed by atoms with E-state index in [1.165, 1.54) is 0 Å². The van der Waals surface area contributed by atoms with Crippen molar-refractivity contribution in [1.82, 2.24) is 9.80 Å². The molecule has 4 rings (SSSR count). The van der Waals surface area contributed by atoms with Crippen LogP contribution in [-0.2, 0) is 9.59 Å². The number of aliphatic carboxylic acids is 2. The highest BCUT2D eigenvalue weighted by Crippen LogP contribution is 2.39. The molecule has 2 saturated heterocycles. The summed E-state index contributed by atoms with van der Waals surface area (Å²) >= 11 is 6.79. The van der Waals surface area contributed by atoms with Crippen molar-refractivity contribution in [3.8, 4) is 22.6 Å². The second-order valence-electron chi connectivity index (χ2n) is 11.6. The van der Waals surface area contributed by atoms with E-state index in [9.17, 15) is 19.8 Å². The third-order valence-electron chi connectivity index (χ3n) is 8.07. The lowest BCUT2D eigenvalue weighted by atomic mass is 9.99. The molecule has 2 aliphatic heterocycles. The van der Waals surface area contributed by atoms with Crippen LogP contribution in [0.25, 0.3) is 11.1 Å². The second kappa shape index (κ2) is 14.1. The van der Waals surface area contributed by atoms with Crippen molar-refractivity contribution in [2.75, 3.05) is 52.5 Å². The van der Waals surface area contributed by atoms with Gasteiger partial charge in [-0.25, -0.2) is 0 Å². The van der Waals surface area contributed by atoms with Crippen LogP contribution in [0.3, 0.4) is 0 Å². The van der Waals surface area contributed by atoms with Crippen molar-refractivity contribution in [3.63, 3.8) is 0 Å². The number of likely N-dealkylation sites (tertiary alicyclic amines) is 2. The fraction of sp³-hybridized carbons (Fsp3) is 0.548. The van der Waals surface area contributed by atoms with Crippen LogP contribution in [0, 0.1) is 6.92 Å². The number of carboxylic acid groups (broad SMARTS) is 2. The summed E-state index contributed by atoms with van der Waals surface area (Å²) in [4.78, 5) is 26.1. The van der Waals surface area contributed by atoms with Crippen LogP contribution in [0.15, 0.2) is 36.4 Å². The lowest BCUT2D eigenvalue weighted by Gasteiger charge is -2.21. The molecule has 0 aromatic heterocycles. The van der Waals surface area contributed by atoms with E-state index in [1.54, 1.807) is 0 Å². The van der Waals surface area contributed by atoms with E-state index < -0.39 is 23.1 Å². The van der Waals surface area contributed by atoms with Crippen molar-refractivity contribution in [2.24, 2.45) is 0 Å². The van der Waals surface area contributed by atoms with Gasteiger partial charge in [-0.2, -0.15) is 0 Å². The minimum Gasteiger partial charge on any atom is -0.493 e. The Morgan fingerprint density at radius 3 is 1.81 bits per heavy atom. The zero-order valence-corrected chi connectivity index (χ0v) is 24.8. The number of nitrogens with zero attached hydrogens (tertiary/aromatic N) is 2. The van der Waals surface area contributed by atoms with Gasteiger partial charge in [0.2, 0.25) is 0 Å². The molecule has 2 aromatic rings. The molecular formula is C31H41ClN2O8. The van der Waals surface area contributed by atoms with Crippen LogP contribution in [0.2, 0.25) is 5.02 Å². The van der Waals surface area contributed by atoms with Gasteiger partial charge in [0.05, 0.1) is 42.3 Å². The first-order chi connectivity index (χ1) is 20.0. The quantitative estimate of drug-likeness (QED) is 0.223. The maximum atomic E-state index is 11.0. The predicted molar refractivity (Wildman–Crippen MR) is 158 cm³/mol. The molecular weight excluding hydrogens is 564 g/mol. The average Bonchev–Trinajstić information content (AvgIpc) is 3.47. The zero-order valence-electron chi connectivity index (χ0n) is 24.1. The second-order valence-corrected chi connectivity index (χ2v) is 12.0. The Morgan fingerprint density at radius 1 is 0.810 bits per heavy atom. The number of carbonyl (C=O) groups is 2. The number of carboxylic acids is 2. The van der Waals surface area contributed by atoms with Crippen LogP contribution in [0.5, 0.6) is 11.5 Å². The van der Waals surface area contributed by atoms with Crippen LogP contribution in [0.4, 0.5) is 0 Å². The van der Waals surface area contributed by atoms with Gasteiger partial charge in [-0.1, -0.05) is 35.9 Å². The van der Waals surface area contributed by atoms with Gasteiger partial charge in [0.15, 0.2) is 0 Å². The Labute approximate surface area is 251 Å². The zero-order chi connectivity index (χ0) is 30.3. The van der Waals surface area contributed by atoms with Gasteiger partial charge in [-0.15, -0.1) is 0 Å². The first-order valence-electron chi connectivity index (χ1n) is 14.4. The summed E-state index contributed by atoms with van der Waals surface area (Å²) in [5.41, 5.74) is 0.418. The Hall–Kier alpha value is -2.89. The number of benzene rings is 2. The highest BCUT2D eigenvalue weighted by atomic mass is 35.5. The van der Waals surface area contributed by atoms with E-state index in [0.29, 0.717) is 82.5 Å². The lowest BCUT2D eigenvalue weighted by Crippen LogP contribution is -2.36. The number of ether oxygens (including phenoxy) is 2. The van der Waals surface area contributed by atoms with Gasteiger partial charge in [0, 0.05) is 44.8 Å². The SMILES string of the molecule is Cc1c(OCCCN2CCC(O)(CC(=O)O)C2)cccc1-c1cccc(OCCCN2CCC(O)(CC(=O)O)C2)c1Cl. The number of hydrogen-bond acceptors (Lipinski definition) is 8. The van der Waals surface area contributed by atoms with E-state index in [0.717, 1.165) is 28.9 Å².